The van der Waals surface area contributed by atoms with Crippen molar-refractivity contribution in [3.8, 4) is 0 Å². The molecule has 0 heterocycles. The lowest BCUT2D eigenvalue weighted by atomic mass is 10.1. The zero-order valence-corrected chi connectivity index (χ0v) is 10.5. The van der Waals surface area contributed by atoms with Crippen LogP contribution in [0.5, 0.6) is 0 Å². The minimum atomic E-state index is 1.04. The summed E-state index contributed by atoms with van der Waals surface area (Å²) in [4.78, 5) is 0. The van der Waals surface area contributed by atoms with Crippen LogP contribution in [0.25, 0.3) is 6.08 Å². The molecule has 0 aliphatic carbocycles. The Morgan fingerprint density at radius 1 is 0.667 bits per heavy atom. The Hall–Kier alpha value is -2.34. The highest BCUT2D eigenvalue weighted by Crippen LogP contribution is 2.07. The Kier molecular flexibility index (Phi) is 6.69. The van der Waals surface area contributed by atoms with Crippen molar-refractivity contribution in [3.05, 3.63) is 103 Å². The van der Waals surface area contributed by atoms with E-state index in [0.29, 0.717) is 0 Å². The predicted molar refractivity (Wildman–Crippen MR) is 81.3 cm³/mol. The first-order valence-electron chi connectivity index (χ1n) is 5.88. The number of hydrogen-bond donors (Lipinski definition) is 0. The van der Waals surface area contributed by atoms with Crippen molar-refractivity contribution in [2.45, 2.75) is 0 Å². The second kappa shape index (κ2) is 8.77. The highest BCUT2D eigenvalue weighted by Gasteiger charge is 1.85. The minimum Gasteiger partial charge on any atom is -0.0985 e. The van der Waals surface area contributed by atoms with Gasteiger partial charge in [-0.05, 0) is 17.2 Å². The number of rotatable bonds is 3. The summed E-state index contributed by atoms with van der Waals surface area (Å²) < 4.78 is 0. The van der Waals surface area contributed by atoms with Gasteiger partial charge < -0.3 is 0 Å². The van der Waals surface area contributed by atoms with Gasteiger partial charge in [-0.25, -0.2) is 0 Å². The molecule has 0 spiro atoms. The Morgan fingerprint density at radius 3 is 1.44 bits per heavy atom. The van der Waals surface area contributed by atoms with Crippen LogP contribution in [0.1, 0.15) is 5.56 Å². The minimum absolute atomic E-state index is 1.04. The molecule has 0 fully saturated rings. The summed E-state index contributed by atoms with van der Waals surface area (Å²) in [6.07, 6.45) is 5.62. The Balaban J connectivity index is 0.000000225. The van der Waals surface area contributed by atoms with Crippen molar-refractivity contribution in [2.75, 3.05) is 0 Å². The molecule has 0 saturated carbocycles. The molecule has 90 valence electrons. The lowest BCUT2D eigenvalue weighted by Crippen LogP contribution is -1.72. The summed E-state index contributed by atoms with van der Waals surface area (Å²) >= 11 is 0. The van der Waals surface area contributed by atoms with Gasteiger partial charge in [0.05, 0.1) is 0 Å². The number of allylic oxidation sites excluding steroid dienone is 3. The van der Waals surface area contributed by atoms with Crippen molar-refractivity contribution < 1.29 is 0 Å². The Labute approximate surface area is 110 Å². The van der Waals surface area contributed by atoms with Gasteiger partial charge in [-0.2, -0.15) is 0 Å². The summed E-state index contributed by atoms with van der Waals surface area (Å²) in [7, 11) is 0. The van der Waals surface area contributed by atoms with Crippen molar-refractivity contribution in [3.63, 3.8) is 0 Å². The fraction of sp³-hybridized carbons (Fsp3) is 0. The van der Waals surface area contributed by atoms with Crippen LogP contribution in [0, 0.1) is 0 Å². The second-order valence-electron chi connectivity index (χ2n) is 3.62. The zero-order chi connectivity index (χ0) is 13.1. The van der Waals surface area contributed by atoms with Gasteiger partial charge >= 0.3 is 0 Å². The zero-order valence-electron chi connectivity index (χ0n) is 10.5. The molecule has 0 aliphatic heterocycles. The molecular formula is C18H18. The molecule has 0 N–H and O–H groups in total. The van der Waals surface area contributed by atoms with Crippen LogP contribution in [-0.4, -0.2) is 0 Å². The normalized spacial score (nSPS) is 8.44. The van der Waals surface area contributed by atoms with Crippen molar-refractivity contribution in [1.29, 1.82) is 0 Å². The smallest absolute Gasteiger partial charge is 0.0251 e. The highest BCUT2D eigenvalue weighted by molar-refractivity contribution is 5.58. The largest absolute Gasteiger partial charge is 0.0985 e. The van der Waals surface area contributed by atoms with Crippen LogP contribution in [0.4, 0.5) is 0 Å². The monoisotopic (exact) mass is 234 g/mol. The SMILES string of the molecule is C=CC(C=C)=Cc1ccccc1.c1ccccc1. The molecule has 0 aromatic heterocycles. The van der Waals surface area contributed by atoms with Crippen LogP contribution in [-0.2, 0) is 0 Å². The topological polar surface area (TPSA) is 0 Å². The van der Waals surface area contributed by atoms with Crippen LogP contribution in [0.3, 0.4) is 0 Å². The molecule has 0 nitrogen and oxygen atoms in total. The van der Waals surface area contributed by atoms with Gasteiger partial charge in [0.25, 0.3) is 0 Å². The lowest BCUT2D eigenvalue weighted by molar-refractivity contribution is 1.64. The van der Waals surface area contributed by atoms with Gasteiger partial charge in [0.15, 0.2) is 0 Å². The molecule has 0 amide bonds. The van der Waals surface area contributed by atoms with E-state index in [1.165, 1.54) is 5.56 Å². The van der Waals surface area contributed by atoms with Crippen LogP contribution in [0.15, 0.2) is 97.6 Å². The third-order valence-corrected chi connectivity index (χ3v) is 2.27. The van der Waals surface area contributed by atoms with Gasteiger partial charge in [0, 0.05) is 0 Å². The van der Waals surface area contributed by atoms with Crippen LogP contribution in [0.2, 0.25) is 0 Å². The fourth-order valence-corrected chi connectivity index (χ4v) is 1.33. The Bertz CT molecular complexity index is 441. The highest BCUT2D eigenvalue weighted by atomic mass is 13.9. The number of hydrogen-bond acceptors (Lipinski definition) is 0. The van der Waals surface area contributed by atoms with E-state index in [2.05, 4.69) is 13.2 Å². The molecule has 0 heteroatoms. The third-order valence-electron chi connectivity index (χ3n) is 2.27. The first-order chi connectivity index (χ1) is 8.86. The van der Waals surface area contributed by atoms with E-state index in [-0.39, 0.29) is 0 Å². The molecule has 0 unspecified atom stereocenters. The van der Waals surface area contributed by atoms with Gasteiger partial charge in [-0.15, -0.1) is 0 Å². The first-order valence-corrected chi connectivity index (χ1v) is 5.88. The van der Waals surface area contributed by atoms with Gasteiger partial charge in [-0.3, -0.25) is 0 Å². The molecule has 18 heavy (non-hydrogen) atoms. The molecule has 2 aromatic carbocycles. The number of benzene rings is 2. The van der Waals surface area contributed by atoms with Gasteiger partial charge in [0.1, 0.15) is 0 Å². The molecule has 0 radical (unpaired) electrons. The first kappa shape index (κ1) is 13.7. The molecule has 0 aliphatic rings. The van der Waals surface area contributed by atoms with E-state index in [1.54, 1.807) is 12.2 Å². The van der Waals surface area contributed by atoms with Crippen molar-refractivity contribution >= 4 is 6.08 Å². The van der Waals surface area contributed by atoms with E-state index < -0.39 is 0 Å². The molecule has 0 bridgehead atoms. The average molecular weight is 234 g/mol. The summed E-state index contributed by atoms with van der Waals surface area (Å²) in [5, 5.41) is 0. The van der Waals surface area contributed by atoms with Crippen molar-refractivity contribution in [1.82, 2.24) is 0 Å². The maximum Gasteiger partial charge on any atom is -0.0251 e. The van der Waals surface area contributed by atoms with Crippen molar-refractivity contribution in [2.24, 2.45) is 0 Å². The fourth-order valence-electron chi connectivity index (χ4n) is 1.33. The summed E-state index contributed by atoms with van der Waals surface area (Å²) in [6.45, 7) is 7.38. The molecule has 0 atom stereocenters. The third kappa shape index (κ3) is 5.66. The van der Waals surface area contributed by atoms with E-state index in [0.717, 1.165) is 5.57 Å². The van der Waals surface area contributed by atoms with Gasteiger partial charge in [-0.1, -0.05) is 92.0 Å². The molecule has 2 aromatic rings. The molecular weight excluding hydrogens is 216 g/mol. The summed E-state index contributed by atoms with van der Waals surface area (Å²) in [5.41, 5.74) is 2.22. The second-order valence-corrected chi connectivity index (χ2v) is 3.62. The maximum absolute atomic E-state index is 3.69. The molecule has 2 rings (SSSR count). The van der Waals surface area contributed by atoms with E-state index in [1.807, 2.05) is 72.8 Å². The standard InChI is InChI=1S/C12H12.C6H6/c1-3-11(4-2)10-12-8-6-5-7-9-12;1-2-4-6-5-3-1/h3-10H,1-2H2;1-6H. The average Bonchev–Trinajstić information content (AvgIpc) is 2.48. The summed E-state index contributed by atoms with van der Waals surface area (Å²) in [6, 6.07) is 22.1. The Morgan fingerprint density at radius 2 is 1.06 bits per heavy atom. The summed E-state index contributed by atoms with van der Waals surface area (Å²) in [5.74, 6) is 0. The maximum atomic E-state index is 3.69. The van der Waals surface area contributed by atoms with E-state index >= 15 is 0 Å². The predicted octanol–water partition coefficient (Wildman–Crippen LogP) is 5.13. The lowest BCUT2D eigenvalue weighted by Gasteiger charge is -1.93. The van der Waals surface area contributed by atoms with Gasteiger partial charge in [0.2, 0.25) is 0 Å². The van der Waals surface area contributed by atoms with Crippen LogP contribution < -0.4 is 0 Å². The van der Waals surface area contributed by atoms with E-state index in [9.17, 15) is 0 Å². The van der Waals surface area contributed by atoms with E-state index in [4.69, 9.17) is 0 Å². The molecule has 0 saturated heterocycles. The quantitative estimate of drug-likeness (QED) is 0.646. The van der Waals surface area contributed by atoms with Crippen LogP contribution >= 0.6 is 0 Å².